The molecule has 3 amide bonds. The van der Waals surface area contributed by atoms with E-state index in [1.807, 2.05) is 58.9 Å². The van der Waals surface area contributed by atoms with Crippen LogP contribution in [0, 0.1) is 23.7 Å². The Hall–Kier alpha value is -4.15. The number of carbonyl (C=O) groups is 3. The quantitative estimate of drug-likeness (QED) is 0.258. The van der Waals surface area contributed by atoms with E-state index in [-0.39, 0.29) is 49.3 Å². The van der Waals surface area contributed by atoms with E-state index in [1.165, 1.54) is 0 Å². The van der Waals surface area contributed by atoms with E-state index in [9.17, 15) is 9.90 Å². The number of fused-ring (bicyclic) bond motifs is 1. The van der Waals surface area contributed by atoms with Gasteiger partial charge in [-0.05, 0) is 80.6 Å². The van der Waals surface area contributed by atoms with Crippen molar-refractivity contribution in [2.24, 2.45) is 23.7 Å². The molecule has 1 spiro atoms. The molecule has 3 heterocycles. The number of carbonyl (C=O) groups excluding carboxylic acids is 3. The minimum Gasteiger partial charge on any atom is -0.497 e. The van der Waals surface area contributed by atoms with E-state index in [1.54, 1.807) is 58.2 Å². The van der Waals surface area contributed by atoms with E-state index in [0.717, 1.165) is 0 Å². The van der Waals surface area contributed by atoms with Crippen LogP contribution in [0.2, 0.25) is 0 Å². The lowest BCUT2D eigenvalue weighted by Crippen LogP contribution is -2.60. The Morgan fingerprint density at radius 2 is 1.57 bits per heavy atom. The molecular formula is C39H51N3O7. The molecule has 0 radical (unpaired) electrons. The van der Waals surface area contributed by atoms with Gasteiger partial charge in [-0.3, -0.25) is 14.4 Å². The lowest BCUT2D eigenvalue weighted by molar-refractivity contribution is -0.150. The maximum absolute atomic E-state index is 15.1. The monoisotopic (exact) mass is 673 g/mol. The van der Waals surface area contributed by atoms with Gasteiger partial charge in [0.1, 0.15) is 23.1 Å². The first-order valence-electron chi connectivity index (χ1n) is 17.3. The standard InChI is InChI=1S/C39H51N3O7/c1-9-21-40(27-15-19-30(20-16-27)48-12-4)35(44)32-33-36(45)42(31(24-43)25(5)11-3)34(39(33)23-26(6)38(32,7)49-39)37(46)41(22-10-2)28-13-17-29(47-8)18-14-28/h9-10,13-20,25-26,31-34,43H,1-2,11-12,21-24H2,3-8H3/t25-,26?,31-,32-,33-,34?,38+,39?/m0/s1. The Morgan fingerprint density at radius 1 is 1.02 bits per heavy atom. The number of hydrogen-bond donors (Lipinski definition) is 1. The van der Waals surface area contributed by atoms with Crippen LogP contribution < -0.4 is 19.3 Å². The summed E-state index contributed by atoms with van der Waals surface area (Å²) in [6.07, 6.45) is 4.38. The molecule has 264 valence electrons. The van der Waals surface area contributed by atoms with Crippen molar-refractivity contribution >= 4 is 29.1 Å². The lowest BCUT2D eigenvalue weighted by atomic mass is 9.62. The molecule has 10 nitrogen and oxygen atoms in total. The van der Waals surface area contributed by atoms with Crippen LogP contribution in [-0.4, -0.2) is 84.4 Å². The summed E-state index contributed by atoms with van der Waals surface area (Å²) in [5, 5.41) is 10.8. The van der Waals surface area contributed by atoms with E-state index >= 15 is 9.59 Å². The van der Waals surface area contributed by atoms with Crippen LogP contribution in [0.15, 0.2) is 73.8 Å². The number of benzene rings is 2. The van der Waals surface area contributed by atoms with Crippen molar-refractivity contribution < 1.29 is 33.7 Å². The van der Waals surface area contributed by atoms with Gasteiger partial charge in [0.2, 0.25) is 11.8 Å². The molecule has 49 heavy (non-hydrogen) atoms. The average Bonchev–Trinajstić information content (AvgIpc) is 3.62. The predicted octanol–water partition coefficient (Wildman–Crippen LogP) is 5.25. The highest BCUT2D eigenvalue weighted by Gasteiger charge is 2.80. The lowest BCUT2D eigenvalue weighted by Gasteiger charge is -2.41. The number of anilines is 2. The second kappa shape index (κ2) is 14.4. The average molecular weight is 674 g/mol. The molecule has 0 aliphatic carbocycles. The molecule has 2 aromatic rings. The van der Waals surface area contributed by atoms with E-state index in [4.69, 9.17) is 14.2 Å². The molecule has 3 saturated heterocycles. The Bertz CT molecular complexity index is 1540. The molecule has 3 aliphatic rings. The summed E-state index contributed by atoms with van der Waals surface area (Å²) in [6, 6.07) is 12.7. The fraction of sp³-hybridized carbons (Fsp3) is 0.513. The number of amides is 3. The maximum atomic E-state index is 15.1. The molecule has 2 bridgehead atoms. The molecule has 5 rings (SSSR count). The van der Waals surface area contributed by atoms with Crippen LogP contribution in [0.25, 0.3) is 0 Å². The van der Waals surface area contributed by atoms with Gasteiger partial charge in [0.05, 0.1) is 43.8 Å². The highest BCUT2D eigenvalue weighted by atomic mass is 16.5. The Labute approximate surface area is 290 Å². The van der Waals surface area contributed by atoms with Crippen molar-refractivity contribution in [1.82, 2.24) is 4.90 Å². The molecule has 3 aliphatic heterocycles. The van der Waals surface area contributed by atoms with Crippen molar-refractivity contribution in [3.8, 4) is 11.5 Å². The van der Waals surface area contributed by atoms with Crippen molar-refractivity contribution in [2.45, 2.75) is 70.7 Å². The molecule has 2 aromatic carbocycles. The molecule has 10 heteroatoms. The van der Waals surface area contributed by atoms with Gasteiger partial charge >= 0.3 is 0 Å². The van der Waals surface area contributed by atoms with Gasteiger partial charge in [-0.15, -0.1) is 13.2 Å². The van der Waals surface area contributed by atoms with Gasteiger partial charge < -0.3 is 34.0 Å². The zero-order chi connectivity index (χ0) is 35.7. The second-order valence-corrected chi connectivity index (χ2v) is 13.7. The fourth-order valence-electron chi connectivity index (χ4n) is 8.37. The van der Waals surface area contributed by atoms with Gasteiger partial charge in [-0.25, -0.2) is 0 Å². The van der Waals surface area contributed by atoms with Crippen LogP contribution >= 0.6 is 0 Å². The van der Waals surface area contributed by atoms with Crippen LogP contribution in [0.3, 0.4) is 0 Å². The molecular weight excluding hydrogens is 622 g/mol. The minimum atomic E-state index is -1.30. The maximum Gasteiger partial charge on any atom is 0.253 e. The normalized spacial score (nSPS) is 28.1. The summed E-state index contributed by atoms with van der Waals surface area (Å²) in [6.45, 7) is 18.2. The molecule has 3 fully saturated rings. The van der Waals surface area contributed by atoms with Crippen LogP contribution in [-0.2, 0) is 19.1 Å². The Kier molecular flexibility index (Phi) is 10.6. The number of rotatable bonds is 15. The van der Waals surface area contributed by atoms with E-state index < -0.39 is 35.1 Å². The second-order valence-electron chi connectivity index (χ2n) is 13.7. The number of hydrogen-bond acceptors (Lipinski definition) is 7. The first kappa shape index (κ1) is 36.1. The summed E-state index contributed by atoms with van der Waals surface area (Å²) in [4.78, 5) is 49.9. The van der Waals surface area contributed by atoms with Gasteiger partial charge in [0.15, 0.2) is 0 Å². The third-order valence-electron chi connectivity index (χ3n) is 11.1. The van der Waals surface area contributed by atoms with Gasteiger partial charge in [0.25, 0.3) is 5.91 Å². The molecule has 1 N–H and O–H groups in total. The summed E-state index contributed by atoms with van der Waals surface area (Å²) in [7, 11) is 1.58. The number of aliphatic hydroxyl groups is 1. The highest BCUT2D eigenvalue weighted by Crippen LogP contribution is 2.66. The largest absolute Gasteiger partial charge is 0.497 e. The number of ether oxygens (including phenoxy) is 3. The van der Waals surface area contributed by atoms with E-state index in [2.05, 4.69) is 13.2 Å². The Balaban J connectivity index is 1.65. The molecule has 0 aromatic heterocycles. The Morgan fingerprint density at radius 3 is 2.06 bits per heavy atom. The number of likely N-dealkylation sites (tertiary alicyclic amines) is 1. The van der Waals surface area contributed by atoms with Gasteiger partial charge in [-0.2, -0.15) is 0 Å². The molecule has 0 saturated carbocycles. The van der Waals surface area contributed by atoms with Crippen molar-refractivity contribution in [1.29, 1.82) is 0 Å². The van der Waals surface area contributed by atoms with Crippen molar-refractivity contribution in [3.63, 3.8) is 0 Å². The fourth-order valence-corrected chi connectivity index (χ4v) is 8.37. The van der Waals surface area contributed by atoms with Crippen LogP contribution in [0.4, 0.5) is 11.4 Å². The minimum absolute atomic E-state index is 0.131. The topological polar surface area (TPSA) is 109 Å². The van der Waals surface area contributed by atoms with Crippen LogP contribution in [0.1, 0.15) is 47.5 Å². The predicted molar refractivity (Wildman–Crippen MR) is 190 cm³/mol. The smallest absolute Gasteiger partial charge is 0.253 e. The van der Waals surface area contributed by atoms with E-state index in [0.29, 0.717) is 42.3 Å². The third kappa shape index (κ3) is 5.93. The van der Waals surface area contributed by atoms with Crippen molar-refractivity contribution in [2.75, 3.05) is 43.2 Å². The summed E-state index contributed by atoms with van der Waals surface area (Å²) < 4.78 is 18.0. The third-order valence-corrected chi connectivity index (χ3v) is 11.1. The number of nitrogens with zero attached hydrogens (tertiary/aromatic N) is 3. The van der Waals surface area contributed by atoms with Gasteiger partial charge in [-0.1, -0.05) is 39.3 Å². The molecule has 8 atom stereocenters. The summed E-state index contributed by atoms with van der Waals surface area (Å²) in [5.41, 5.74) is -1.08. The molecule has 3 unspecified atom stereocenters. The zero-order valence-electron chi connectivity index (χ0n) is 29.6. The highest BCUT2D eigenvalue weighted by molar-refractivity contribution is 6.07. The summed E-state index contributed by atoms with van der Waals surface area (Å²) >= 11 is 0. The summed E-state index contributed by atoms with van der Waals surface area (Å²) in [5.74, 6) is -1.75. The SMILES string of the molecule is C=CCN(C(=O)C1N([C@@H](CO)[C@@H](C)CC)C(=O)[C@@H]2[C@@H](C(=O)N(CC=C)c3ccc(OCC)cc3)[C@]3(C)OC12CC3C)c1ccc(OC)cc1. The number of methoxy groups -OCH3 is 1. The number of aliphatic hydroxyl groups excluding tert-OH is 1. The van der Waals surface area contributed by atoms with Crippen molar-refractivity contribution in [3.05, 3.63) is 73.8 Å². The van der Waals surface area contributed by atoms with Crippen LogP contribution in [0.5, 0.6) is 11.5 Å². The first-order chi connectivity index (χ1) is 23.5. The van der Waals surface area contributed by atoms with Gasteiger partial charge in [0, 0.05) is 24.5 Å². The first-order valence-corrected chi connectivity index (χ1v) is 17.3. The zero-order valence-corrected chi connectivity index (χ0v) is 29.6.